The molecule has 0 bridgehead atoms. The van der Waals surface area contributed by atoms with E-state index >= 15 is 0 Å². The third-order valence-corrected chi connectivity index (χ3v) is 14.2. The van der Waals surface area contributed by atoms with Gasteiger partial charge in [0, 0.05) is 0 Å². The first-order valence-electron chi connectivity index (χ1n) is 5.40. The summed E-state index contributed by atoms with van der Waals surface area (Å²) in [4.78, 5) is 20.3. The van der Waals surface area contributed by atoms with E-state index in [1.807, 2.05) is 24.3 Å². The molecule has 0 atom stereocenters. The van der Waals surface area contributed by atoms with Gasteiger partial charge >= 0.3 is 131 Å². The second-order valence-electron chi connectivity index (χ2n) is 3.67. The molecule has 2 aromatic carbocycles. The van der Waals surface area contributed by atoms with Crippen molar-refractivity contribution in [3.8, 4) is 0 Å². The zero-order valence-corrected chi connectivity index (χ0v) is 14.6. The molecule has 0 aliphatic heterocycles. The van der Waals surface area contributed by atoms with Gasteiger partial charge in [-0.05, 0) is 0 Å². The average Bonchev–Trinajstić information content (AvgIpc) is 2.46. The van der Waals surface area contributed by atoms with E-state index in [2.05, 4.69) is 0 Å². The van der Waals surface area contributed by atoms with Crippen LogP contribution in [-0.4, -0.2) is 44.0 Å². The molecule has 20 heavy (non-hydrogen) atoms. The fourth-order valence-electron chi connectivity index (χ4n) is 1.34. The van der Waals surface area contributed by atoms with Crippen LogP contribution in [-0.2, 0) is 0 Å². The van der Waals surface area contributed by atoms with Crippen molar-refractivity contribution in [1.82, 2.24) is 0 Å². The minimum absolute atomic E-state index is 0.108. The fraction of sp³-hybridized carbons (Fsp3) is 0. The average molecular weight is 499 g/mol. The summed E-state index contributed by atoms with van der Waals surface area (Å²) >= 11 is -0.722. The summed E-state index contributed by atoms with van der Waals surface area (Å²) in [7, 11) is 0. The third-order valence-electron chi connectivity index (χ3n) is 2.33. The van der Waals surface area contributed by atoms with Crippen LogP contribution >= 0.6 is 0 Å². The molecule has 0 aliphatic carbocycles. The Bertz CT molecular complexity index is 571. The van der Waals surface area contributed by atoms with Gasteiger partial charge < -0.3 is 0 Å². The van der Waals surface area contributed by atoms with E-state index in [4.69, 9.17) is 0 Å². The molecule has 0 heterocycles. The molecule has 6 nitrogen and oxygen atoms in total. The van der Waals surface area contributed by atoms with Gasteiger partial charge in [-0.25, -0.2) is 0 Å². The molecule has 0 saturated heterocycles. The molecule has 2 rings (SSSR count). The number of nitro benzene ring substituents is 2. The van der Waals surface area contributed by atoms with Crippen LogP contribution in [0.2, 0.25) is 0 Å². The number of rotatable bonds is 5. The Balaban J connectivity index is 1.97. The van der Waals surface area contributed by atoms with Crippen LogP contribution in [0.1, 0.15) is 0 Å². The van der Waals surface area contributed by atoms with E-state index < -0.39 is 9.85 Å². The topological polar surface area (TPSA) is 86.3 Å². The number of benzene rings is 2. The Morgan fingerprint density at radius 1 is 0.650 bits per heavy atom. The van der Waals surface area contributed by atoms with Gasteiger partial charge in [-0.15, -0.1) is 0 Å². The molecule has 2 aromatic rings. The molecule has 0 N–H and O–H groups in total. The van der Waals surface area contributed by atoms with E-state index in [9.17, 15) is 20.2 Å². The van der Waals surface area contributed by atoms with E-state index in [1.165, 1.54) is 31.5 Å². The van der Waals surface area contributed by atoms with Crippen molar-refractivity contribution in [1.29, 1.82) is 0 Å². The normalized spacial score (nSPS) is 10.2. The molecular formula is C12H8N2O4Te2. The number of hydrogen-bond acceptors (Lipinski definition) is 4. The summed E-state index contributed by atoms with van der Waals surface area (Å²) in [6, 6.07) is 13.4. The Labute approximate surface area is 130 Å². The van der Waals surface area contributed by atoms with Crippen LogP contribution in [0.15, 0.2) is 48.5 Å². The first-order chi connectivity index (χ1) is 9.56. The van der Waals surface area contributed by atoms with Gasteiger partial charge in [-0.1, -0.05) is 0 Å². The van der Waals surface area contributed by atoms with Crippen LogP contribution in [0.5, 0.6) is 0 Å². The molecule has 102 valence electrons. The zero-order chi connectivity index (χ0) is 14.5. The second kappa shape index (κ2) is 7.01. The molecular weight excluding hydrogens is 491 g/mol. The maximum absolute atomic E-state index is 10.5. The molecule has 0 aromatic heterocycles. The van der Waals surface area contributed by atoms with Crippen LogP contribution < -0.4 is 7.22 Å². The minimum atomic E-state index is -0.405. The van der Waals surface area contributed by atoms with Crippen LogP contribution in [0.25, 0.3) is 0 Å². The van der Waals surface area contributed by atoms with Gasteiger partial charge in [0.25, 0.3) is 0 Å². The quantitative estimate of drug-likeness (QED) is 0.346. The number of non-ortho nitro benzene ring substituents is 2. The predicted molar refractivity (Wildman–Crippen MR) is 77.0 cm³/mol. The van der Waals surface area contributed by atoms with Gasteiger partial charge in [0.05, 0.1) is 0 Å². The molecule has 8 heteroatoms. The predicted octanol–water partition coefficient (Wildman–Crippen LogP) is 0.777. The summed E-state index contributed by atoms with van der Waals surface area (Å²) in [5.74, 6) is 0. The van der Waals surface area contributed by atoms with E-state index in [-0.39, 0.29) is 45.5 Å². The molecule has 0 saturated carbocycles. The summed E-state index contributed by atoms with van der Waals surface area (Å²) in [5, 5.41) is 21.1. The second-order valence-corrected chi connectivity index (χ2v) is 13.7. The van der Waals surface area contributed by atoms with Crippen molar-refractivity contribution in [2.24, 2.45) is 0 Å². The maximum atomic E-state index is 10.5. The number of nitrogens with zero attached hydrogens (tertiary/aromatic N) is 2. The summed E-state index contributed by atoms with van der Waals surface area (Å²) < 4.78 is 2.36. The Kier molecular flexibility index (Phi) is 5.33. The zero-order valence-electron chi connectivity index (χ0n) is 9.96. The fourth-order valence-corrected chi connectivity index (χ4v) is 11.2. The molecule has 0 aliphatic rings. The third kappa shape index (κ3) is 4.16. The van der Waals surface area contributed by atoms with Crippen LogP contribution in [0, 0.1) is 20.2 Å². The summed E-state index contributed by atoms with van der Waals surface area (Å²) in [6.45, 7) is 0. The SMILES string of the molecule is O=[N+]([O-])c1ccc([Te][Te]c2ccc([N+](=O)[O-])cc2)cc1. The number of nitro groups is 2. The monoisotopic (exact) mass is 504 g/mol. The Morgan fingerprint density at radius 3 is 1.20 bits per heavy atom. The van der Waals surface area contributed by atoms with Crippen LogP contribution in [0.3, 0.4) is 0 Å². The van der Waals surface area contributed by atoms with Gasteiger partial charge in [0.15, 0.2) is 0 Å². The summed E-state index contributed by atoms with van der Waals surface area (Å²) in [6.07, 6.45) is 0. The van der Waals surface area contributed by atoms with Gasteiger partial charge in [0.1, 0.15) is 0 Å². The molecule has 0 unspecified atom stereocenters. The summed E-state index contributed by atoms with van der Waals surface area (Å²) in [5.41, 5.74) is 0.217. The van der Waals surface area contributed by atoms with Crippen molar-refractivity contribution < 1.29 is 9.85 Å². The van der Waals surface area contributed by atoms with Crippen LogP contribution in [0.4, 0.5) is 11.4 Å². The van der Waals surface area contributed by atoms with Crippen molar-refractivity contribution in [3.63, 3.8) is 0 Å². The number of hydrogen-bond donors (Lipinski definition) is 0. The van der Waals surface area contributed by atoms with Gasteiger partial charge in [-0.3, -0.25) is 0 Å². The van der Waals surface area contributed by atoms with E-state index in [0.717, 1.165) is 0 Å². The Morgan fingerprint density at radius 2 is 0.950 bits per heavy atom. The van der Waals surface area contributed by atoms with Gasteiger partial charge in [-0.2, -0.15) is 0 Å². The molecule has 0 radical (unpaired) electrons. The van der Waals surface area contributed by atoms with E-state index in [1.54, 1.807) is 0 Å². The van der Waals surface area contributed by atoms with Crippen molar-refractivity contribution >= 4 is 52.7 Å². The molecule has 0 fully saturated rings. The van der Waals surface area contributed by atoms with Crippen molar-refractivity contribution in [3.05, 3.63) is 68.8 Å². The van der Waals surface area contributed by atoms with Crippen molar-refractivity contribution in [2.75, 3.05) is 0 Å². The molecule has 0 spiro atoms. The van der Waals surface area contributed by atoms with Crippen molar-refractivity contribution in [2.45, 2.75) is 0 Å². The Hall–Kier alpha value is -1.18. The van der Waals surface area contributed by atoms with Gasteiger partial charge in [0.2, 0.25) is 0 Å². The van der Waals surface area contributed by atoms with E-state index in [0.29, 0.717) is 0 Å². The standard InChI is InChI=1S/C12H8N2O4Te2/c15-13(16)9-1-5-11(6-2-9)19-20-12-7-3-10(4-8-12)14(17)18/h1-8H. The first-order valence-corrected chi connectivity index (χ1v) is 15.1. The molecule has 0 amide bonds. The first kappa shape index (κ1) is 15.2.